The Morgan fingerprint density at radius 1 is 1.39 bits per heavy atom. The smallest absolute Gasteiger partial charge is 0.341 e. The van der Waals surface area contributed by atoms with Gasteiger partial charge in [0.1, 0.15) is 5.82 Å². The zero-order valence-corrected chi connectivity index (χ0v) is 18.1. The van der Waals surface area contributed by atoms with Gasteiger partial charge in [0.25, 0.3) is 0 Å². The molecule has 2 N–H and O–H groups in total. The molecule has 1 amide bonds. The lowest BCUT2D eigenvalue weighted by atomic mass is 10.2. The third-order valence-corrected chi connectivity index (χ3v) is 3.88. The van der Waals surface area contributed by atoms with Gasteiger partial charge in [-0.1, -0.05) is 32.9 Å². The van der Waals surface area contributed by atoms with Crippen LogP contribution in [0.4, 0.5) is 17.6 Å². The Bertz CT molecular complexity index is 689. The SMILES string of the molecule is CC.CNCC(=O)N1CCC(C)C1.FC(F)F.O=CC1=NC(c2cccc(F)c2)ON1. The number of amides is 1. The monoisotopic (exact) mass is 450 g/mol. The Hall–Kier alpha value is -2.53. The van der Waals surface area contributed by atoms with Gasteiger partial charge in [-0.25, -0.2) is 19.7 Å². The van der Waals surface area contributed by atoms with Crippen molar-refractivity contribution >= 4 is 18.0 Å². The van der Waals surface area contributed by atoms with Crippen molar-refractivity contribution in [1.29, 1.82) is 0 Å². The molecule has 0 spiro atoms. The van der Waals surface area contributed by atoms with Gasteiger partial charge in [0.15, 0.2) is 12.1 Å². The van der Waals surface area contributed by atoms with Crippen molar-refractivity contribution in [2.24, 2.45) is 10.9 Å². The van der Waals surface area contributed by atoms with Crippen LogP contribution in [-0.2, 0) is 14.4 Å². The van der Waals surface area contributed by atoms with Gasteiger partial charge in [-0.15, -0.1) is 0 Å². The van der Waals surface area contributed by atoms with Gasteiger partial charge >= 0.3 is 6.68 Å². The summed E-state index contributed by atoms with van der Waals surface area (Å²) in [6, 6.07) is 5.87. The summed E-state index contributed by atoms with van der Waals surface area (Å²) in [4.78, 5) is 32.3. The van der Waals surface area contributed by atoms with Crippen LogP contribution in [0.2, 0.25) is 0 Å². The highest BCUT2D eigenvalue weighted by Crippen LogP contribution is 2.21. The standard InChI is InChI=1S/C9H7FN2O2.C8H16N2O.C2H6.CHF3/c10-7-3-1-2-6(4-7)9-11-8(5-13)12-14-9;1-7-3-4-10(6-7)8(11)5-9-2;1-2;2-1(3)4/h1-5,9H,(H,11,12);7,9H,3-6H2,1-2H3;1-2H3;1H. The molecule has 2 aliphatic rings. The topological polar surface area (TPSA) is 83.0 Å². The first-order chi connectivity index (χ1) is 14.8. The summed E-state index contributed by atoms with van der Waals surface area (Å²) in [5.41, 5.74) is 2.90. The van der Waals surface area contributed by atoms with Crippen LogP contribution in [0.3, 0.4) is 0 Å². The molecule has 0 aromatic heterocycles. The average molecular weight is 450 g/mol. The van der Waals surface area contributed by atoms with Crippen LogP contribution in [0.5, 0.6) is 0 Å². The predicted octanol–water partition coefficient (Wildman–Crippen LogP) is 3.24. The largest absolute Gasteiger partial charge is 0.379 e. The van der Waals surface area contributed by atoms with E-state index in [0.717, 1.165) is 19.5 Å². The molecular formula is C20H30F4N4O3. The van der Waals surface area contributed by atoms with E-state index in [1.54, 1.807) is 19.2 Å². The number of carbonyl (C=O) groups excluding carboxylic acids is 2. The number of aliphatic imine (C=N–C) groups is 1. The minimum Gasteiger partial charge on any atom is -0.341 e. The van der Waals surface area contributed by atoms with Crippen LogP contribution in [0.1, 0.15) is 39.0 Å². The van der Waals surface area contributed by atoms with E-state index < -0.39 is 12.9 Å². The summed E-state index contributed by atoms with van der Waals surface area (Å²) in [6.07, 6.45) is 1.06. The van der Waals surface area contributed by atoms with E-state index in [0.29, 0.717) is 24.3 Å². The fourth-order valence-electron chi connectivity index (χ4n) is 2.58. The Morgan fingerprint density at radius 3 is 2.48 bits per heavy atom. The molecule has 2 atom stereocenters. The molecule has 1 aromatic rings. The minimum absolute atomic E-state index is 0.110. The van der Waals surface area contributed by atoms with Crippen LogP contribution in [-0.4, -0.2) is 56.3 Å². The van der Waals surface area contributed by atoms with E-state index in [1.165, 1.54) is 12.1 Å². The number of alkyl halides is 3. The normalized spacial score (nSPS) is 19.0. The summed E-state index contributed by atoms with van der Waals surface area (Å²) in [5, 5.41) is 2.87. The predicted molar refractivity (Wildman–Crippen MR) is 110 cm³/mol. The number of hydrogen-bond donors (Lipinski definition) is 2. The number of likely N-dealkylation sites (N-methyl/N-ethyl adjacent to an activating group) is 1. The molecule has 0 radical (unpaired) electrons. The second kappa shape index (κ2) is 16.2. The molecule has 2 aliphatic heterocycles. The molecule has 7 nitrogen and oxygen atoms in total. The highest BCUT2D eigenvalue weighted by molar-refractivity contribution is 6.26. The van der Waals surface area contributed by atoms with Crippen LogP contribution < -0.4 is 10.8 Å². The van der Waals surface area contributed by atoms with Crippen molar-refractivity contribution < 1.29 is 32.0 Å². The molecule has 2 unspecified atom stereocenters. The number of likely N-dealkylation sites (tertiary alicyclic amines) is 1. The van der Waals surface area contributed by atoms with E-state index in [1.807, 2.05) is 18.7 Å². The Kier molecular flexibility index (Phi) is 14.9. The lowest BCUT2D eigenvalue weighted by Gasteiger charge is -2.14. The van der Waals surface area contributed by atoms with Gasteiger partial charge in [-0.05, 0) is 31.5 Å². The third-order valence-electron chi connectivity index (χ3n) is 3.88. The Balaban J connectivity index is 0.000000473. The third kappa shape index (κ3) is 12.0. The van der Waals surface area contributed by atoms with Crippen molar-refractivity contribution in [1.82, 2.24) is 15.7 Å². The summed E-state index contributed by atoms with van der Waals surface area (Å²) in [7, 11) is 1.80. The maximum absolute atomic E-state index is 12.8. The van der Waals surface area contributed by atoms with Crippen LogP contribution >= 0.6 is 0 Å². The fraction of sp³-hybridized carbons (Fsp3) is 0.550. The lowest BCUT2D eigenvalue weighted by Crippen LogP contribution is -2.35. The molecular weight excluding hydrogens is 420 g/mol. The maximum Gasteiger partial charge on any atom is 0.379 e. The molecule has 1 saturated heterocycles. The summed E-state index contributed by atoms with van der Waals surface area (Å²) < 4.78 is 41.8. The van der Waals surface area contributed by atoms with Crippen LogP contribution in [0.25, 0.3) is 0 Å². The fourth-order valence-corrected chi connectivity index (χ4v) is 2.58. The quantitative estimate of drug-likeness (QED) is 0.544. The van der Waals surface area contributed by atoms with Crippen LogP contribution in [0, 0.1) is 11.7 Å². The molecule has 0 saturated carbocycles. The Labute approximate surface area is 179 Å². The summed E-state index contributed by atoms with van der Waals surface area (Å²) in [5.74, 6) is 0.674. The molecule has 176 valence electrons. The van der Waals surface area contributed by atoms with Crippen molar-refractivity contribution in [3.05, 3.63) is 35.6 Å². The highest BCUT2D eigenvalue weighted by Gasteiger charge is 2.22. The zero-order chi connectivity index (χ0) is 23.8. The first-order valence-corrected chi connectivity index (χ1v) is 9.81. The first kappa shape index (κ1) is 28.5. The second-order valence-corrected chi connectivity index (χ2v) is 6.27. The van der Waals surface area contributed by atoms with E-state index in [-0.39, 0.29) is 17.6 Å². The van der Waals surface area contributed by atoms with Crippen molar-refractivity contribution in [2.45, 2.75) is 40.1 Å². The van der Waals surface area contributed by atoms with E-state index in [9.17, 15) is 27.2 Å². The number of nitrogens with one attached hydrogen (secondary N) is 2. The first-order valence-electron chi connectivity index (χ1n) is 9.81. The minimum atomic E-state index is -3.67. The molecule has 2 heterocycles. The summed E-state index contributed by atoms with van der Waals surface area (Å²) >= 11 is 0. The summed E-state index contributed by atoms with van der Waals surface area (Å²) in [6.45, 7) is 4.89. The highest BCUT2D eigenvalue weighted by atomic mass is 19.4. The number of carbonyl (C=O) groups is 2. The number of benzene rings is 1. The molecule has 11 heteroatoms. The molecule has 0 bridgehead atoms. The van der Waals surface area contributed by atoms with E-state index in [4.69, 9.17) is 4.84 Å². The number of aldehydes is 1. The second-order valence-electron chi connectivity index (χ2n) is 6.27. The van der Waals surface area contributed by atoms with Crippen molar-refractivity contribution in [3.63, 3.8) is 0 Å². The number of rotatable bonds is 4. The molecule has 3 rings (SSSR count). The van der Waals surface area contributed by atoms with Crippen molar-refractivity contribution in [2.75, 3.05) is 26.7 Å². The zero-order valence-electron chi connectivity index (χ0n) is 18.1. The van der Waals surface area contributed by atoms with Gasteiger partial charge in [0, 0.05) is 18.7 Å². The van der Waals surface area contributed by atoms with E-state index in [2.05, 4.69) is 22.7 Å². The molecule has 31 heavy (non-hydrogen) atoms. The Morgan fingerprint density at radius 2 is 2.03 bits per heavy atom. The average Bonchev–Trinajstić information content (AvgIpc) is 3.39. The van der Waals surface area contributed by atoms with Crippen molar-refractivity contribution in [3.8, 4) is 0 Å². The molecule has 0 aliphatic carbocycles. The van der Waals surface area contributed by atoms with Gasteiger partial charge in [-0.3, -0.25) is 9.59 Å². The van der Waals surface area contributed by atoms with Gasteiger partial charge in [0.05, 0.1) is 6.54 Å². The maximum atomic E-state index is 12.8. The van der Waals surface area contributed by atoms with E-state index >= 15 is 0 Å². The number of halogens is 4. The molecule has 1 fully saturated rings. The lowest BCUT2D eigenvalue weighted by molar-refractivity contribution is -0.129. The van der Waals surface area contributed by atoms with Gasteiger partial charge in [0.2, 0.25) is 12.1 Å². The van der Waals surface area contributed by atoms with Gasteiger partial charge < -0.3 is 10.2 Å². The van der Waals surface area contributed by atoms with Crippen LogP contribution in [0.15, 0.2) is 29.3 Å². The number of nitrogens with zero attached hydrogens (tertiary/aromatic N) is 2. The van der Waals surface area contributed by atoms with Gasteiger partial charge in [-0.2, -0.15) is 13.2 Å². The number of hydrogen-bond acceptors (Lipinski definition) is 6. The number of hydroxylamine groups is 1. The number of amidine groups is 1. The molecule has 1 aromatic carbocycles.